The van der Waals surface area contributed by atoms with Gasteiger partial charge >= 0.3 is 0 Å². The molecule has 2 aromatic rings. The Hall–Kier alpha value is -1.85. The van der Waals surface area contributed by atoms with Gasteiger partial charge in [-0.1, -0.05) is 31.0 Å². The molecule has 1 aliphatic carbocycles. The number of rotatable bonds is 4. The molecule has 2 atom stereocenters. The summed E-state index contributed by atoms with van der Waals surface area (Å²) < 4.78 is 1.63. The maximum Gasteiger partial charge on any atom is 0.272 e. The highest BCUT2D eigenvalue weighted by Crippen LogP contribution is 2.37. The first-order chi connectivity index (χ1) is 11.0. The van der Waals surface area contributed by atoms with E-state index in [0.717, 1.165) is 24.9 Å². The zero-order chi connectivity index (χ0) is 16.4. The summed E-state index contributed by atoms with van der Waals surface area (Å²) in [4.78, 5) is 12.4. The van der Waals surface area contributed by atoms with Gasteiger partial charge in [-0.25, -0.2) is 4.68 Å². The van der Waals surface area contributed by atoms with Gasteiger partial charge in [0.2, 0.25) is 0 Å². The molecule has 122 valence electrons. The van der Waals surface area contributed by atoms with E-state index in [2.05, 4.69) is 10.4 Å². The molecule has 2 N–H and O–H groups in total. The Bertz CT molecular complexity index is 715. The van der Waals surface area contributed by atoms with Gasteiger partial charge in [-0.15, -0.1) is 0 Å². The summed E-state index contributed by atoms with van der Waals surface area (Å²) >= 11 is 5.98. The number of aliphatic hydroxyl groups excluding tert-OH is 1. The first kappa shape index (κ1) is 16.0. The third-order valence-electron chi connectivity index (χ3n) is 4.64. The van der Waals surface area contributed by atoms with Crippen molar-refractivity contribution in [1.82, 2.24) is 15.1 Å². The van der Waals surface area contributed by atoms with Gasteiger partial charge in [0.15, 0.2) is 5.69 Å². The van der Waals surface area contributed by atoms with Crippen LogP contribution >= 0.6 is 11.6 Å². The number of halogens is 1. The number of benzene rings is 1. The van der Waals surface area contributed by atoms with Gasteiger partial charge in [-0.2, -0.15) is 5.10 Å². The Morgan fingerprint density at radius 2 is 2.35 bits per heavy atom. The van der Waals surface area contributed by atoms with Gasteiger partial charge in [-0.05, 0) is 37.1 Å². The molecule has 23 heavy (non-hydrogen) atoms. The van der Waals surface area contributed by atoms with Crippen molar-refractivity contribution in [2.75, 3.05) is 6.61 Å². The molecule has 2 unspecified atom stereocenters. The standard InChI is InChI=1S/C17H20ClN3O2/c1-17(11-22)8-3-6-15(17)19-16(23)14-7-9-21(20-14)13-5-2-4-12(18)10-13/h2,4-5,7,9-10,15,22H,3,6,8,11H2,1H3,(H,19,23). The van der Waals surface area contributed by atoms with Crippen LogP contribution < -0.4 is 5.32 Å². The number of hydrogen-bond donors (Lipinski definition) is 2. The van der Waals surface area contributed by atoms with Crippen LogP contribution in [-0.4, -0.2) is 33.4 Å². The number of hydrogen-bond acceptors (Lipinski definition) is 3. The summed E-state index contributed by atoms with van der Waals surface area (Å²) in [7, 11) is 0. The molecule has 1 aromatic heterocycles. The third-order valence-corrected chi connectivity index (χ3v) is 4.88. The first-order valence-electron chi connectivity index (χ1n) is 7.75. The number of amides is 1. The van der Waals surface area contributed by atoms with Crippen molar-refractivity contribution in [1.29, 1.82) is 0 Å². The van der Waals surface area contributed by atoms with Gasteiger partial charge in [0.05, 0.1) is 12.3 Å². The molecule has 6 heteroatoms. The van der Waals surface area contributed by atoms with Crippen LogP contribution in [0.15, 0.2) is 36.5 Å². The average Bonchev–Trinajstić information content (AvgIpc) is 3.16. The molecule has 0 bridgehead atoms. The van der Waals surface area contributed by atoms with E-state index in [4.69, 9.17) is 11.6 Å². The van der Waals surface area contributed by atoms with Crippen molar-refractivity contribution in [2.45, 2.75) is 32.2 Å². The lowest BCUT2D eigenvalue weighted by Crippen LogP contribution is -2.44. The second-order valence-corrected chi connectivity index (χ2v) is 6.79. The lowest BCUT2D eigenvalue weighted by molar-refractivity contribution is 0.0825. The monoisotopic (exact) mass is 333 g/mol. The summed E-state index contributed by atoms with van der Waals surface area (Å²) in [5, 5.41) is 17.5. The van der Waals surface area contributed by atoms with E-state index in [1.165, 1.54) is 0 Å². The fraction of sp³-hybridized carbons (Fsp3) is 0.412. The van der Waals surface area contributed by atoms with E-state index in [9.17, 15) is 9.90 Å². The Kier molecular flexibility index (Phi) is 4.41. The largest absolute Gasteiger partial charge is 0.396 e. The average molecular weight is 334 g/mol. The molecular weight excluding hydrogens is 314 g/mol. The van der Waals surface area contributed by atoms with E-state index in [0.29, 0.717) is 10.7 Å². The Balaban J connectivity index is 1.74. The quantitative estimate of drug-likeness (QED) is 0.904. The third kappa shape index (κ3) is 3.26. The van der Waals surface area contributed by atoms with Gasteiger partial charge in [0.25, 0.3) is 5.91 Å². The van der Waals surface area contributed by atoms with E-state index < -0.39 is 0 Å². The minimum atomic E-state index is -0.245. The van der Waals surface area contributed by atoms with Gasteiger partial charge in [0, 0.05) is 22.7 Å². The molecule has 1 aromatic carbocycles. The van der Waals surface area contributed by atoms with E-state index in [1.54, 1.807) is 29.1 Å². The van der Waals surface area contributed by atoms with Crippen molar-refractivity contribution in [3.8, 4) is 5.69 Å². The second kappa shape index (κ2) is 6.34. The first-order valence-corrected chi connectivity index (χ1v) is 8.13. The number of aromatic nitrogens is 2. The SMILES string of the molecule is CC1(CO)CCCC1NC(=O)c1ccn(-c2cccc(Cl)c2)n1. The number of nitrogens with zero attached hydrogens (tertiary/aromatic N) is 2. The van der Waals surface area contributed by atoms with Crippen LogP contribution in [0.25, 0.3) is 5.69 Å². The van der Waals surface area contributed by atoms with E-state index >= 15 is 0 Å². The highest BCUT2D eigenvalue weighted by molar-refractivity contribution is 6.30. The molecular formula is C17H20ClN3O2. The molecule has 0 saturated heterocycles. The number of carbonyl (C=O) groups is 1. The van der Waals surface area contributed by atoms with Crippen LogP contribution in [0.3, 0.4) is 0 Å². The van der Waals surface area contributed by atoms with E-state index in [1.807, 2.05) is 19.1 Å². The van der Waals surface area contributed by atoms with Crippen LogP contribution in [0.4, 0.5) is 0 Å². The summed E-state index contributed by atoms with van der Waals surface area (Å²) in [6.45, 7) is 2.09. The minimum absolute atomic E-state index is 0.0173. The predicted octanol–water partition coefficient (Wildman–Crippen LogP) is 2.81. The zero-order valence-corrected chi connectivity index (χ0v) is 13.8. The molecule has 1 amide bonds. The maximum absolute atomic E-state index is 12.4. The normalized spacial score (nSPS) is 23.9. The van der Waals surface area contributed by atoms with Crippen LogP contribution in [0.5, 0.6) is 0 Å². The van der Waals surface area contributed by atoms with Gasteiger partial charge in [-0.3, -0.25) is 4.79 Å². The summed E-state index contributed by atoms with van der Waals surface area (Å²) in [6.07, 6.45) is 4.56. The highest BCUT2D eigenvalue weighted by Gasteiger charge is 2.39. The van der Waals surface area contributed by atoms with Crippen molar-refractivity contribution < 1.29 is 9.90 Å². The van der Waals surface area contributed by atoms with Gasteiger partial charge < -0.3 is 10.4 Å². The highest BCUT2D eigenvalue weighted by atomic mass is 35.5. The predicted molar refractivity (Wildman–Crippen MR) is 88.9 cm³/mol. The lowest BCUT2D eigenvalue weighted by Gasteiger charge is -2.29. The fourth-order valence-corrected chi connectivity index (χ4v) is 3.29. The Labute approximate surface area is 140 Å². The van der Waals surface area contributed by atoms with Crippen molar-refractivity contribution in [3.05, 3.63) is 47.2 Å². The van der Waals surface area contributed by atoms with Crippen LogP contribution in [0.1, 0.15) is 36.7 Å². The van der Waals surface area contributed by atoms with Gasteiger partial charge in [0.1, 0.15) is 0 Å². The number of carbonyl (C=O) groups excluding carboxylic acids is 1. The fourth-order valence-electron chi connectivity index (χ4n) is 3.11. The molecule has 3 rings (SSSR count). The van der Waals surface area contributed by atoms with E-state index in [-0.39, 0.29) is 24.0 Å². The summed E-state index contributed by atoms with van der Waals surface area (Å²) in [5.74, 6) is -0.211. The molecule has 0 aliphatic heterocycles. The zero-order valence-electron chi connectivity index (χ0n) is 13.0. The van der Waals surface area contributed by atoms with Crippen LogP contribution in [-0.2, 0) is 0 Å². The number of nitrogens with one attached hydrogen (secondary N) is 1. The molecule has 1 fully saturated rings. The lowest BCUT2D eigenvalue weighted by atomic mass is 9.86. The summed E-state index contributed by atoms with van der Waals surface area (Å²) in [5.41, 5.74) is 0.917. The van der Waals surface area contributed by atoms with Crippen LogP contribution in [0, 0.1) is 5.41 Å². The smallest absolute Gasteiger partial charge is 0.272 e. The van der Waals surface area contributed by atoms with Crippen molar-refractivity contribution in [3.63, 3.8) is 0 Å². The Morgan fingerprint density at radius 3 is 3.09 bits per heavy atom. The maximum atomic E-state index is 12.4. The molecule has 1 aliphatic rings. The molecule has 5 nitrogen and oxygen atoms in total. The summed E-state index contributed by atoms with van der Waals surface area (Å²) in [6, 6.07) is 8.96. The number of aliphatic hydroxyl groups is 1. The molecule has 1 heterocycles. The van der Waals surface area contributed by atoms with Crippen LogP contribution in [0.2, 0.25) is 5.02 Å². The molecule has 0 radical (unpaired) electrons. The molecule has 1 saturated carbocycles. The second-order valence-electron chi connectivity index (χ2n) is 6.36. The minimum Gasteiger partial charge on any atom is -0.396 e. The topological polar surface area (TPSA) is 67.2 Å². The van der Waals surface area contributed by atoms with Crippen molar-refractivity contribution in [2.24, 2.45) is 5.41 Å². The Morgan fingerprint density at radius 1 is 1.52 bits per heavy atom. The molecule has 0 spiro atoms. The van der Waals surface area contributed by atoms with Crippen molar-refractivity contribution >= 4 is 17.5 Å².